The minimum Gasteiger partial charge on any atom is -0.481 e. The normalized spacial score (nSPS) is 16.9. The minimum absolute atomic E-state index is 0.136. The van der Waals surface area contributed by atoms with Crippen LogP contribution in [0, 0.1) is 5.41 Å². The fraction of sp³-hybridized carbons (Fsp3) is 0.381. The Hall–Kier alpha value is -2.71. The van der Waals surface area contributed by atoms with E-state index in [-0.39, 0.29) is 5.91 Å². The van der Waals surface area contributed by atoms with Crippen LogP contribution in [-0.4, -0.2) is 46.9 Å². The van der Waals surface area contributed by atoms with Gasteiger partial charge in [-0.25, -0.2) is 0 Å². The van der Waals surface area contributed by atoms with Gasteiger partial charge < -0.3 is 21.5 Å². The van der Waals surface area contributed by atoms with Gasteiger partial charge in [0.15, 0.2) is 0 Å². The molecule has 2 heterocycles. The molecule has 8 heteroatoms. The van der Waals surface area contributed by atoms with Gasteiger partial charge in [0.05, 0.1) is 11.5 Å². The van der Waals surface area contributed by atoms with Crippen molar-refractivity contribution in [2.75, 3.05) is 13.1 Å². The zero-order chi connectivity index (χ0) is 21.0. The Morgan fingerprint density at radius 2 is 1.79 bits per heavy atom. The van der Waals surface area contributed by atoms with Crippen molar-refractivity contribution >= 4 is 29.1 Å². The molecule has 154 valence electrons. The summed E-state index contributed by atoms with van der Waals surface area (Å²) < 4.78 is 0. The Balaban J connectivity index is 1.63. The summed E-state index contributed by atoms with van der Waals surface area (Å²) >= 11 is 1.57. The Kier molecular flexibility index (Phi) is 6.34. The predicted octanol–water partition coefficient (Wildman–Crippen LogP) is 1.65. The highest BCUT2D eigenvalue weighted by atomic mass is 32.1. The summed E-state index contributed by atoms with van der Waals surface area (Å²) in [4.78, 5) is 38.7. The molecule has 1 fully saturated rings. The molecule has 0 unspecified atom stereocenters. The van der Waals surface area contributed by atoms with Crippen LogP contribution in [0.1, 0.15) is 33.6 Å². The average molecular weight is 416 g/mol. The third-order valence-electron chi connectivity index (χ3n) is 5.59. The number of nitrogens with two attached hydrogens (primary N) is 2. The first-order valence-electron chi connectivity index (χ1n) is 9.50. The lowest BCUT2D eigenvalue weighted by Crippen LogP contribution is -2.52. The molecule has 2 amide bonds. The maximum Gasteiger partial charge on any atom is 0.310 e. The maximum atomic E-state index is 12.7. The van der Waals surface area contributed by atoms with Crippen LogP contribution < -0.4 is 11.5 Å². The molecule has 5 N–H and O–H groups in total. The number of carboxylic acids is 1. The number of amides is 2. The number of carbonyl (C=O) groups excluding carboxylic acids is 2. The number of hydrogen-bond acceptors (Lipinski definition) is 5. The number of carbonyl (C=O) groups is 3. The number of primary amides is 1. The zero-order valence-corrected chi connectivity index (χ0v) is 16.9. The second-order valence-electron chi connectivity index (χ2n) is 7.54. The van der Waals surface area contributed by atoms with E-state index in [1.54, 1.807) is 40.5 Å². The van der Waals surface area contributed by atoms with Crippen LogP contribution in [0.5, 0.6) is 0 Å². The van der Waals surface area contributed by atoms with Gasteiger partial charge in [-0.1, -0.05) is 18.2 Å². The summed E-state index contributed by atoms with van der Waals surface area (Å²) in [5.74, 6) is -1.52. The first-order valence-corrected chi connectivity index (χ1v) is 10.4. The Labute approximate surface area is 173 Å². The van der Waals surface area contributed by atoms with Crippen LogP contribution in [0.3, 0.4) is 0 Å². The van der Waals surface area contributed by atoms with Gasteiger partial charge in [-0.15, -0.1) is 11.3 Å². The van der Waals surface area contributed by atoms with Gasteiger partial charge in [0.1, 0.15) is 0 Å². The highest BCUT2D eigenvalue weighted by Crippen LogP contribution is 2.36. The van der Waals surface area contributed by atoms with Crippen molar-refractivity contribution in [1.82, 2.24) is 4.90 Å². The fourth-order valence-electron chi connectivity index (χ4n) is 3.77. The molecule has 3 rings (SSSR count). The number of nitrogens with zero attached hydrogens (tertiary/aromatic N) is 1. The minimum atomic E-state index is -0.942. The highest BCUT2D eigenvalue weighted by molar-refractivity contribution is 7.09. The summed E-state index contributed by atoms with van der Waals surface area (Å²) in [6.07, 6.45) is 1.54. The van der Waals surface area contributed by atoms with Crippen molar-refractivity contribution in [3.05, 3.63) is 57.8 Å². The van der Waals surface area contributed by atoms with Gasteiger partial charge in [-0.3, -0.25) is 14.4 Å². The van der Waals surface area contributed by atoms with E-state index in [2.05, 4.69) is 0 Å². The standard InChI is InChI=1S/C21H25N3O4S/c22-17(12-16-2-1-11-29-16)19(26)24-9-7-21(8-10-24,20(27)28)13-14-3-5-15(6-4-14)18(23)25/h1-6,11,17H,7-10,12-13,22H2,(H2,23,25)(H,27,28)/t17-/m0/s1. The van der Waals surface area contributed by atoms with Crippen LogP contribution in [0.4, 0.5) is 0 Å². The first kappa shape index (κ1) is 21.0. The summed E-state index contributed by atoms with van der Waals surface area (Å²) in [6, 6.07) is 9.94. The molecule has 2 aromatic rings. The molecule has 1 saturated heterocycles. The molecule has 1 aromatic carbocycles. The fourth-order valence-corrected chi connectivity index (χ4v) is 4.53. The molecule has 0 saturated carbocycles. The number of hydrogen-bond donors (Lipinski definition) is 3. The van der Waals surface area contributed by atoms with E-state index < -0.39 is 23.3 Å². The summed E-state index contributed by atoms with van der Waals surface area (Å²) in [5, 5.41) is 11.8. The second kappa shape index (κ2) is 8.75. The van der Waals surface area contributed by atoms with E-state index in [0.717, 1.165) is 10.4 Å². The van der Waals surface area contributed by atoms with Gasteiger partial charge in [0, 0.05) is 30.0 Å². The Morgan fingerprint density at radius 1 is 1.14 bits per heavy atom. The van der Waals surface area contributed by atoms with E-state index in [0.29, 0.717) is 44.3 Å². The molecule has 0 bridgehead atoms. The summed E-state index contributed by atoms with van der Waals surface area (Å²) in [5.41, 5.74) is 11.6. The molecule has 1 aliphatic rings. The first-order chi connectivity index (χ1) is 13.8. The Bertz CT molecular complexity index is 872. The van der Waals surface area contributed by atoms with Gasteiger partial charge in [-0.2, -0.15) is 0 Å². The number of thiophene rings is 1. The molecule has 7 nitrogen and oxygen atoms in total. The molecule has 1 atom stereocenters. The van der Waals surface area contributed by atoms with Crippen molar-refractivity contribution in [3.8, 4) is 0 Å². The molecule has 1 aliphatic heterocycles. The lowest BCUT2D eigenvalue weighted by molar-refractivity contribution is -0.154. The number of aliphatic carboxylic acids is 1. The van der Waals surface area contributed by atoms with E-state index in [1.807, 2.05) is 17.5 Å². The monoisotopic (exact) mass is 415 g/mol. The largest absolute Gasteiger partial charge is 0.481 e. The predicted molar refractivity (Wildman–Crippen MR) is 111 cm³/mol. The average Bonchev–Trinajstić information content (AvgIpc) is 3.21. The second-order valence-corrected chi connectivity index (χ2v) is 8.57. The van der Waals surface area contributed by atoms with Gasteiger partial charge in [0.25, 0.3) is 0 Å². The van der Waals surface area contributed by atoms with Crippen LogP contribution in [-0.2, 0) is 22.4 Å². The molecule has 0 spiro atoms. The van der Waals surface area contributed by atoms with Crippen LogP contribution in [0.25, 0.3) is 0 Å². The van der Waals surface area contributed by atoms with E-state index in [4.69, 9.17) is 11.5 Å². The molecule has 1 aromatic heterocycles. The van der Waals surface area contributed by atoms with Crippen LogP contribution in [0.15, 0.2) is 41.8 Å². The quantitative estimate of drug-likeness (QED) is 0.634. The van der Waals surface area contributed by atoms with Crippen molar-refractivity contribution < 1.29 is 19.5 Å². The van der Waals surface area contributed by atoms with Gasteiger partial charge in [0.2, 0.25) is 11.8 Å². The molecular formula is C21H25N3O4S. The van der Waals surface area contributed by atoms with Crippen LogP contribution >= 0.6 is 11.3 Å². The van der Waals surface area contributed by atoms with Crippen molar-refractivity contribution in [1.29, 1.82) is 0 Å². The van der Waals surface area contributed by atoms with Gasteiger partial charge in [-0.05, 0) is 48.4 Å². The number of piperidine rings is 1. The number of carboxylic acid groups (broad SMARTS) is 1. The molecular weight excluding hydrogens is 390 g/mol. The molecule has 0 radical (unpaired) electrons. The number of likely N-dealkylation sites (tertiary alicyclic amines) is 1. The van der Waals surface area contributed by atoms with Crippen molar-refractivity contribution in [3.63, 3.8) is 0 Å². The smallest absolute Gasteiger partial charge is 0.310 e. The Morgan fingerprint density at radius 3 is 2.31 bits per heavy atom. The van der Waals surface area contributed by atoms with Crippen LogP contribution in [0.2, 0.25) is 0 Å². The number of benzene rings is 1. The lowest BCUT2D eigenvalue weighted by atomic mass is 9.73. The van der Waals surface area contributed by atoms with Gasteiger partial charge >= 0.3 is 5.97 Å². The lowest BCUT2D eigenvalue weighted by Gasteiger charge is -2.39. The maximum absolute atomic E-state index is 12.7. The topological polar surface area (TPSA) is 127 Å². The third kappa shape index (κ3) is 4.83. The third-order valence-corrected chi connectivity index (χ3v) is 6.48. The number of rotatable bonds is 7. The molecule has 0 aliphatic carbocycles. The van der Waals surface area contributed by atoms with Crippen molar-refractivity contribution in [2.24, 2.45) is 16.9 Å². The summed E-state index contributed by atoms with van der Waals surface area (Å²) in [7, 11) is 0. The van der Waals surface area contributed by atoms with E-state index >= 15 is 0 Å². The molecule has 29 heavy (non-hydrogen) atoms. The highest BCUT2D eigenvalue weighted by Gasteiger charge is 2.43. The SMILES string of the molecule is NC(=O)c1ccc(CC2(C(=O)O)CCN(C(=O)[C@@H](N)Cc3cccs3)CC2)cc1. The van der Waals surface area contributed by atoms with E-state index in [1.165, 1.54) is 0 Å². The zero-order valence-electron chi connectivity index (χ0n) is 16.0. The summed E-state index contributed by atoms with van der Waals surface area (Å²) in [6.45, 7) is 0.727. The van der Waals surface area contributed by atoms with Crippen molar-refractivity contribution in [2.45, 2.75) is 31.7 Å². The van der Waals surface area contributed by atoms with E-state index in [9.17, 15) is 19.5 Å².